The molecule has 0 radical (unpaired) electrons. The van der Waals surface area contributed by atoms with Gasteiger partial charge in [0.2, 0.25) is 5.91 Å². The third-order valence-electron chi connectivity index (χ3n) is 4.11. The van der Waals surface area contributed by atoms with E-state index in [9.17, 15) is 9.59 Å². The molecule has 0 heterocycles. The first-order valence-electron chi connectivity index (χ1n) is 8.47. The monoisotopic (exact) mass is 323 g/mol. The quantitative estimate of drug-likeness (QED) is 0.527. The molecule has 0 fully saturated rings. The summed E-state index contributed by atoms with van der Waals surface area (Å²) in [5.74, 6) is 0.325. The zero-order valence-electron chi connectivity index (χ0n) is 14.5. The lowest BCUT2D eigenvalue weighted by molar-refractivity contribution is -0.128. The highest BCUT2D eigenvalue weighted by atomic mass is 16.2. The fourth-order valence-corrected chi connectivity index (χ4v) is 2.59. The minimum Gasteiger partial charge on any atom is -0.349 e. The highest BCUT2D eigenvalue weighted by Gasteiger charge is 2.07. The molecule has 0 bridgehead atoms. The molecule has 0 aliphatic heterocycles. The lowest BCUT2D eigenvalue weighted by Crippen LogP contribution is -2.21. The molecule has 0 aliphatic carbocycles. The van der Waals surface area contributed by atoms with Crippen molar-refractivity contribution in [3.63, 3.8) is 0 Å². The first-order valence-corrected chi connectivity index (χ1v) is 8.47. The van der Waals surface area contributed by atoms with Crippen LogP contribution in [0.15, 0.2) is 54.6 Å². The summed E-state index contributed by atoms with van der Waals surface area (Å²) in [5.41, 5.74) is 3.04. The Morgan fingerprint density at radius 2 is 1.33 bits per heavy atom. The predicted molar refractivity (Wildman–Crippen MR) is 98.0 cm³/mol. The van der Waals surface area contributed by atoms with Crippen LogP contribution in [0.25, 0.3) is 11.1 Å². The van der Waals surface area contributed by atoms with Gasteiger partial charge in [-0.2, -0.15) is 0 Å². The smallest absolute Gasteiger partial charge is 0.222 e. The van der Waals surface area contributed by atoms with Crippen LogP contribution in [0.2, 0.25) is 0 Å². The van der Waals surface area contributed by atoms with Gasteiger partial charge in [-0.05, 0) is 24.0 Å². The molecule has 24 heavy (non-hydrogen) atoms. The molecular formula is C21H25NO2. The van der Waals surface area contributed by atoms with E-state index in [2.05, 4.69) is 12.1 Å². The van der Waals surface area contributed by atoms with E-state index in [-0.39, 0.29) is 11.7 Å². The van der Waals surface area contributed by atoms with Crippen molar-refractivity contribution < 1.29 is 9.59 Å². The minimum absolute atomic E-state index is 0.151. The van der Waals surface area contributed by atoms with Crippen molar-refractivity contribution in [3.8, 4) is 11.1 Å². The van der Waals surface area contributed by atoms with E-state index in [4.69, 9.17) is 0 Å². The molecule has 3 heteroatoms. The molecular weight excluding hydrogens is 298 g/mol. The Labute approximate surface area is 144 Å². The van der Waals surface area contributed by atoms with Gasteiger partial charge in [0.1, 0.15) is 0 Å². The average Bonchev–Trinajstić information content (AvgIpc) is 2.62. The summed E-state index contributed by atoms with van der Waals surface area (Å²) in [6.45, 7) is 0. The van der Waals surface area contributed by atoms with Crippen LogP contribution >= 0.6 is 0 Å². The van der Waals surface area contributed by atoms with E-state index >= 15 is 0 Å². The number of carbonyl (C=O) groups is 2. The number of Topliss-reactive ketones (excluding diaryl/α,β-unsaturated/α-hetero) is 1. The van der Waals surface area contributed by atoms with Crippen LogP contribution in [0.3, 0.4) is 0 Å². The van der Waals surface area contributed by atoms with Crippen molar-refractivity contribution in [3.05, 3.63) is 60.2 Å². The lowest BCUT2D eigenvalue weighted by Gasteiger charge is -2.09. The van der Waals surface area contributed by atoms with Gasteiger partial charge < -0.3 is 4.90 Å². The zero-order valence-corrected chi connectivity index (χ0v) is 14.5. The van der Waals surface area contributed by atoms with E-state index in [1.165, 1.54) is 0 Å². The van der Waals surface area contributed by atoms with Gasteiger partial charge in [0.25, 0.3) is 0 Å². The summed E-state index contributed by atoms with van der Waals surface area (Å²) < 4.78 is 0. The third kappa shape index (κ3) is 5.34. The van der Waals surface area contributed by atoms with Gasteiger partial charge in [0, 0.05) is 32.5 Å². The summed E-state index contributed by atoms with van der Waals surface area (Å²) in [6.07, 6.45) is 3.69. The maximum absolute atomic E-state index is 12.2. The first-order chi connectivity index (χ1) is 11.6. The summed E-state index contributed by atoms with van der Waals surface area (Å²) in [5, 5.41) is 0. The van der Waals surface area contributed by atoms with Crippen molar-refractivity contribution >= 4 is 11.7 Å². The molecule has 2 aromatic rings. The number of rotatable bonds is 8. The fraction of sp³-hybridized carbons (Fsp3) is 0.333. The lowest BCUT2D eigenvalue weighted by atomic mass is 10.00. The molecule has 3 nitrogen and oxygen atoms in total. The van der Waals surface area contributed by atoms with Crippen LogP contribution in [0.5, 0.6) is 0 Å². The van der Waals surface area contributed by atoms with Crippen LogP contribution in [0, 0.1) is 0 Å². The molecule has 0 aliphatic rings. The van der Waals surface area contributed by atoms with Gasteiger partial charge in [0.05, 0.1) is 0 Å². The highest BCUT2D eigenvalue weighted by molar-refractivity contribution is 5.96. The van der Waals surface area contributed by atoms with Gasteiger partial charge in [-0.3, -0.25) is 9.59 Å². The molecule has 0 unspecified atom stereocenters. The molecule has 2 aromatic carbocycles. The van der Waals surface area contributed by atoms with Crippen molar-refractivity contribution in [2.75, 3.05) is 14.1 Å². The van der Waals surface area contributed by atoms with Gasteiger partial charge in [-0.15, -0.1) is 0 Å². The van der Waals surface area contributed by atoms with Crippen molar-refractivity contribution in [2.45, 2.75) is 32.1 Å². The van der Waals surface area contributed by atoms with Crippen LogP contribution in [0.1, 0.15) is 42.5 Å². The normalized spacial score (nSPS) is 10.4. The van der Waals surface area contributed by atoms with Crippen LogP contribution in [-0.4, -0.2) is 30.7 Å². The van der Waals surface area contributed by atoms with Crippen LogP contribution < -0.4 is 0 Å². The molecule has 0 N–H and O–H groups in total. The largest absolute Gasteiger partial charge is 0.349 e. The molecule has 2 rings (SSSR count). The molecule has 0 spiro atoms. The van der Waals surface area contributed by atoms with Crippen LogP contribution in [0.4, 0.5) is 0 Å². The Morgan fingerprint density at radius 3 is 1.96 bits per heavy atom. The van der Waals surface area contributed by atoms with E-state index in [1.807, 2.05) is 42.5 Å². The topological polar surface area (TPSA) is 37.4 Å². The fourth-order valence-electron chi connectivity index (χ4n) is 2.59. The molecule has 1 amide bonds. The molecule has 0 atom stereocenters. The van der Waals surface area contributed by atoms with Gasteiger partial charge in [-0.25, -0.2) is 0 Å². The van der Waals surface area contributed by atoms with E-state index < -0.39 is 0 Å². The number of nitrogens with zero attached hydrogens (tertiary/aromatic N) is 1. The SMILES string of the molecule is CN(C)C(=O)CCCCCC(=O)c1ccc(-c2ccccc2)cc1. The first kappa shape index (κ1) is 17.9. The summed E-state index contributed by atoms with van der Waals surface area (Å²) in [6, 6.07) is 17.9. The predicted octanol–water partition coefficient (Wildman–Crippen LogP) is 4.58. The molecule has 0 aromatic heterocycles. The zero-order chi connectivity index (χ0) is 17.4. The van der Waals surface area contributed by atoms with Gasteiger partial charge in [0.15, 0.2) is 5.78 Å². The van der Waals surface area contributed by atoms with Crippen molar-refractivity contribution in [1.82, 2.24) is 4.90 Å². The van der Waals surface area contributed by atoms with Crippen molar-refractivity contribution in [2.24, 2.45) is 0 Å². The van der Waals surface area contributed by atoms with E-state index in [0.29, 0.717) is 12.8 Å². The highest BCUT2D eigenvalue weighted by Crippen LogP contribution is 2.20. The second-order valence-electron chi connectivity index (χ2n) is 6.22. The van der Waals surface area contributed by atoms with Crippen molar-refractivity contribution in [1.29, 1.82) is 0 Å². The third-order valence-corrected chi connectivity index (χ3v) is 4.11. The van der Waals surface area contributed by atoms with E-state index in [1.54, 1.807) is 19.0 Å². The summed E-state index contributed by atoms with van der Waals surface area (Å²) >= 11 is 0. The van der Waals surface area contributed by atoms with Crippen LogP contribution in [-0.2, 0) is 4.79 Å². The number of hydrogen-bond acceptors (Lipinski definition) is 2. The standard InChI is InChI=1S/C21H25NO2/c1-22(2)21(24)12-8-4-7-11-20(23)19-15-13-18(14-16-19)17-9-5-3-6-10-17/h3,5-6,9-10,13-16H,4,7-8,11-12H2,1-2H3. The average molecular weight is 323 g/mol. The molecule has 0 saturated carbocycles. The minimum atomic E-state index is 0.151. The Morgan fingerprint density at radius 1 is 0.750 bits per heavy atom. The molecule has 126 valence electrons. The Bertz CT molecular complexity index is 660. The number of hydrogen-bond donors (Lipinski definition) is 0. The second-order valence-corrected chi connectivity index (χ2v) is 6.22. The summed E-state index contributed by atoms with van der Waals surface area (Å²) in [7, 11) is 3.54. The van der Waals surface area contributed by atoms with E-state index in [0.717, 1.165) is 36.0 Å². The maximum atomic E-state index is 12.2. The summed E-state index contributed by atoms with van der Waals surface area (Å²) in [4.78, 5) is 25.3. The number of benzene rings is 2. The number of carbonyl (C=O) groups excluding carboxylic acids is 2. The number of amides is 1. The number of ketones is 1. The van der Waals surface area contributed by atoms with Gasteiger partial charge in [-0.1, -0.05) is 61.0 Å². The molecule has 0 saturated heterocycles. The maximum Gasteiger partial charge on any atom is 0.222 e. The Hall–Kier alpha value is -2.42. The second kappa shape index (κ2) is 9.02. The Balaban J connectivity index is 1.78. The Kier molecular flexibility index (Phi) is 6.74. The number of unbranched alkanes of at least 4 members (excludes halogenated alkanes) is 2. The van der Waals surface area contributed by atoms with Gasteiger partial charge >= 0.3 is 0 Å².